The van der Waals surface area contributed by atoms with Gasteiger partial charge in [0, 0.05) is 0 Å². The van der Waals surface area contributed by atoms with Crippen molar-refractivity contribution in [2.24, 2.45) is 0 Å². The third-order valence-electron chi connectivity index (χ3n) is 1.73. The lowest BCUT2D eigenvalue weighted by Crippen LogP contribution is -2.18. The maximum atomic E-state index is 10.9. The molecule has 7 nitrogen and oxygen atoms in total. The van der Waals surface area contributed by atoms with E-state index in [4.69, 9.17) is 25.7 Å². The maximum absolute atomic E-state index is 10.9. The molecule has 6 N–H and O–H groups in total. The van der Waals surface area contributed by atoms with Gasteiger partial charge in [-0.3, -0.25) is 4.57 Å². The Kier molecular flexibility index (Phi) is 2.72. The Hall–Kier alpha value is -1.56. The Morgan fingerprint density at radius 3 is 2.27 bits per heavy atom. The van der Waals surface area contributed by atoms with Crippen molar-refractivity contribution in [1.29, 1.82) is 0 Å². The number of carbonyl (C=O) groups is 1. The molecule has 0 spiro atoms. The standard InChI is InChI=1S/C7H8NO6P/c8-6-3(9)1-2-4(15(12,13)14)5(6)7(10)11/h1-2,9H,8H2,(H,10,11)(H2,12,13,14). The van der Waals surface area contributed by atoms with Crippen molar-refractivity contribution in [1.82, 2.24) is 0 Å². The number of rotatable bonds is 2. The Morgan fingerprint density at radius 2 is 1.87 bits per heavy atom. The van der Waals surface area contributed by atoms with Crippen LogP contribution in [0.2, 0.25) is 0 Å². The van der Waals surface area contributed by atoms with Crippen LogP contribution in [0.5, 0.6) is 5.75 Å². The number of nitrogen functional groups attached to an aromatic ring is 1. The zero-order valence-corrected chi connectivity index (χ0v) is 8.18. The number of benzene rings is 1. The summed E-state index contributed by atoms with van der Waals surface area (Å²) in [7, 11) is -4.73. The molecule has 0 aliphatic rings. The zero-order valence-electron chi connectivity index (χ0n) is 7.28. The molecule has 0 heterocycles. The summed E-state index contributed by atoms with van der Waals surface area (Å²) < 4.78 is 10.9. The molecule has 0 fully saturated rings. The topological polar surface area (TPSA) is 141 Å². The van der Waals surface area contributed by atoms with Gasteiger partial charge in [-0.05, 0) is 12.1 Å². The maximum Gasteiger partial charge on any atom is 0.357 e. The lowest BCUT2D eigenvalue weighted by molar-refractivity contribution is 0.0698. The van der Waals surface area contributed by atoms with Crippen LogP contribution in [-0.4, -0.2) is 26.0 Å². The summed E-state index contributed by atoms with van der Waals surface area (Å²) in [6.45, 7) is 0. The van der Waals surface area contributed by atoms with Gasteiger partial charge in [-0.2, -0.15) is 0 Å². The van der Waals surface area contributed by atoms with Crippen LogP contribution in [0.1, 0.15) is 10.4 Å². The minimum atomic E-state index is -4.73. The molecule has 0 radical (unpaired) electrons. The van der Waals surface area contributed by atoms with Crippen molar-refractivity contribution < 1.29 is 29.4 Å². The summed E-state index contributed by atoms with van der Waals surface area (Å²) >= 11 is 0. The average Bonchev–Trinajstić information content (AvgIpc) is 2.06. The van der Waals surface area contributed by atoms with E-state index in [1.54, 1.807) is 0 Å². The molecular formula is C7H8NO6P. The molecule has 8 heteroatoms. The van der Waals surface area contributed by atoms with E-state index < -0.39 is 35.9 Å². The van der Waals surface area contributed by atoms with E-state index in [9.17, 15) is 9.36 Å². The predicted molar refractivity (Wildman–Crippen MR) is 51.2 cm³/mol. The van der Waals surface area contributed by atoms with Crippen LogP contribution in [0.4, 0.5) is 5.69 Å². The summed E-state index contributed by atoms with van der Waals surface area (Å²) in [6, 6.07) is 1.76. The Balaban J connectivity index is 3.62. The van der Waals surface area contributed by atoms with E-state index >= 15 is 0 Å². The van der Waals surface area contributed by atoms with Gasteiger partial charge < -0.3 is 25.7 Å². The second kappa shape index (κ2) is 3.54. The quantitative estimate of drug-likeness (QED) is 0.262. The highest BCUT2D eigenvalue weighted by molar-refractivity contribution is 7.60. The van der Waals surface area contributed by atoms with Gasteiger partial charge in [-0.1, -0.05) is 0 Å². The number of phenolic OH excluding ortho intramolecular Hbond substituents is 1. The van der Waals surface area contributed by atoms with Crippen LogP contribution >= 0.6 is 7.60 Å². The highest BCUT2D eigenvalue weighted by atomic mass is 31.2. The van der Waals surface area contributed by atoms with E-state index in [1.165, 1.54) is 0 Å². The van der Waals surface area contributed by atoms with Gasteiger partial charge in [-0.15, -0.1) is 0 Å². The summed E-state index contributed by atoms with van der Waals surface area (Å²) in [6.07, 6.45) is 0. The molecule has 0 aliphatic carbocycles. The zero-order chi connectivity index (χ0) is 11.8. The first-order valence-electron chi connectivity index (χ1n) is 3.66. The first-order valence-corrected chi connectivity index (χ1v) is 5.27. The Bertz CT molecular complexity index is 465. The van der Waals surface area contributed by atoms with Crippen molar-refractivity contribution in [3.05, 3.63) is 17.7 Å². The number of aromatic hydroxyl groups is 1. The first-order chi connectivity index (χ1) is 6.75. The lowest BCUT2D eigenvalue weighted by Gasteiger charge is -2.10. The van der Waals surface area contributed by atoms with E-state index in [0.717, 1.165) is 12.1 Å². The normalized spacial score (nSPS) is 11.3. The van der Waals surface area contributed by atoms with Gasteiger partial charge in [0.1, 0.15) is 11.3 Å². The fourth-order valence-corrected chi connectivity index (χ4v) is 1.84. The molecule has 0 atom stereocenters. The van der Waals surface area contributed by atoms with Crippen LogP contribution < -0.4 is 11.0 Å². The summed E-state index contributed by atoms with van der Waals surface area (Å²) in [5, 5.41) is 17.1. The van der Waals surface area contributed by atoms with Crippen LogP contribution in [0.25, 0.3) is 0 Å². The highest BCUT2D eigenvalue weighted by Gasteiger charge is 2.28. The molecule has 0 unspecified atom stereocenters. The molecule has 0 saturated heterocycles. The van der Waals surface area contributed by atoms with Crippen LogP contribution in [0.3, 0.4) is 0 Å². The van der Waals surface area contributed by atoms with Crippen molar-refractivity contribution in [2.75, 3.05) is 5.73 Å². The molecule has 0 saturated carbocycles. The van der Waals surface area contributed by atoms with Crippen molar-refractivity contribution in [3.63, 3.8) is 0 Å². The van der Waals surface area contributed by atoms with E-state index in [2.05, 4.69) is 0 Å². The Labute approximate surface area is 83.9 Å². The van der Waals surface area contributed by atoms with Gasteiger partial charge >= 0.3 is 13.6 Å². The molecular weight excluding hydrogens is 225 g/mol. The summed E-state index contributed by atoms with van der Waals surface area (Å²) in [4.78, 5) is 28.4. The number of carboxylic acid groups (broad SMARTS) is 1. The van der Waals surface area contributed by atoms with Gasteiger partial charge in [0.2, 0.25) is 0 Å². The number of nitrogens with two attached hydrogens (primary N) is 1. The third kappa shape index (κ3) is 2.10. The fourth-order valence-electron chi connectivity index (χ4n) is 1.06. The molecule has 0 aromatic heterocycles. The van der Waals surface area contributed by atoms with Gasteiger partial charge in [0.05, 0.1) is 11.0 Å². The third-order valence-corrected chi connectivity index (χ3v) is 2.73. The largest absolute Gasteiger partial charge is 0.506 e. The highest BCUT2D eigenvalue weighted by Crippen LogP contribution is 2.38. The molecule has 0 bridgehead atoms. The molecule has 0 aliphatic heterocycles. The van der Waals surface area contributed by atoms with Gasteiger partial charge in [0.25, 0.3) is 0 Å². The number of aromatic carboxylic acids is 1. The van der Waals surface area contributed by atoms with Crippen molar-refractivity contribution in [2.45, 2.75) is 0 Å². The summed E-state index contributed by atoms with van der Waals surface area (Å²) in [5.41, 5.74) is 3.87. The van der Waals surface area contributed by atoms with E-state index in [-0.39, 0.29) is 0 Å². The number of hydrogen-bond acceptors (Lipinski definition) is 4. The molecule has 0 amide bonds. The number of anilines is 1. The first kappa shape index (κ1) is 11.5. The number of hydrogen-bond donors (Lipinski definition) is 5. The monoisotopic (exact) mass is 233 g/mol. The Morgan fingerprint density at radius 1 is 1.33 bits per heavy atom. The second-order valence-electron chi connectivity index (χ2n) is 2.74. The summed E-state index contributed by atoms with van der Waals surface area (Å²) in [5.74, 6) is -2.15. The fraction of sp³-hybridized carbons (Fsp3) is 0. The smallest absolute Gasteiger partial charge is 0.357 e. The van der Waals surface area contributed by atoms with Crippen LogP contribution in [0.15, 0.2) is 12.1 Å². The minimum absolute atomic E-state index is 0.537. The molecule has 82 valence electrons. The van der Waals surface area contributed by atoms with Gasteiger partial charge in [-0.25, -0.2) is 4.79 Å². The molecule has 1 rings (SSSR count). The SMILES string of the molecule is Nc1c(O)ccc(P(=O)(O)O)c1C(=O)O. The second-order valence-corrected chi connectivity index (χ2v) is 4.31. The molecule has 15 heavy (non-hydrogen) atoms. The minimum Gasteiger partial charge on any atom is -0.506 e. The van der Waals surface area contributed by atoms with E-state index in [0.29, 0.717) is 0 Å². The van der Waals surface area contributed by atoms with Crippen LogP contribution in [0, 0.1) is 0 Å². The number of phenols is 1. The molecule has 1 aromatic carbocycles. The lowest BCUT2D eigenvalue weighted by atomic mass is 10.1. The predicted octanol–water partition coefficient (Wildman–Crippen LogP) is -0.524. The number of carboxylic acids is 1. The average molecular weight is 233 g/mol. The van der Waals surface area contributed by atoms with Crippen molar-refractivity contribution >= 4 is 24.6 Å². The van der Waals surface area contributed by atoms with Crippen molar-refractivity contribution in [3.8, 4) is 5.75 Å². The van der Waals surface area contributed by atoms with Crippen LogP contribution in [-0.2, 0) is 4.57 Å². The molecule has 1 aromatic rings. The van der Waals surface area contributed by atoms with E-state index in [1.807, 2.05) is 0 Å². The van der Waals surface area contributed by atoms with Gasteiger partial charge in [0.15, 0.2) is 0 Å².